The molecule has 6 heteroatoms. The molecule has 3 heterocycles. The summed E-state index contributed by atoms with van der Waals surface area (Å²) in [5.41, 5.74) is 2.64. The molecule has 0 radical (unpaired) electrons. The fraction of sp³-hybridized carbons (Fsp3) is 0.500. The van der Waals surface area contributed by atoms with Crippen molar-refractivity contribution in [3.8, 4) is 11.1 Å². The van der Waals surface area contributed by atoms with Crippen molar-refractivity contribution in [2.24, 2.45) is 5.41 Å². The third kappa shape index (κ3) is 4.85. The van der Waals surface area contributed by atoms with Crippen LogP contribution in [0, 0.1) is 5.41 Å². The van der Waals surface area contributed by atoms with Crippen LogP contribution in [-0.4, -0.2) is 53.5 Å². The van der Waals surface area contributed by atoms with Crippen molar-refractivity contribution in [2.45, 2.75) is 58.1 Å². The first kappa shape index (κ1) is 22.5. The third-order valence-electron chi connectivity index (χ3n) is 6.53. The van der Waals surface area contributed by atoms with Crippen LogP contribution in [0.1, 0.15) is 45.1 Å². The molecule has 0 unspecified atom stereocenters. The highest BCUT2D eigenvalue weighted by molar-refractivity contribution is 5.86. The van der Waals surface area contributed by atoms with Gasteiger partial charge in [0.15, 0.2) is 0 Å². The number of carbonyl (C=O) groups excluding carboxylic acids is 2. The van der Waals surface area contributed by atoms with Gasteiger partial charge in [-0.05, 0) is 74.8 Å². The standard InChI is InChI=1S/C26H33N3O3/c1-19(2)28-25(31)26(12-6-15-29(18-26)24(30)23-9-5-16-32-23)17-21-7-3-4-8-22(21)20-10-13-27-14-11-20/h3-4,7-8,10-11,13-14,19,23H,5-6,9,12,15-18H2,1-2H3,(H,28,31)/t23-,26+/m0/s1. The zero-order valence-electron chi connectivity index (χ0n) is 19.0. The van der Waals surface area contributed by atoms with E-state index in [2.05, 4.69) is 22.4 Å². The van der Waals surface area contributed by atoms with E-state index in [0.29, 0.717) is 26.1 Å². The Hall–Kier alpha value is -2.73. The number of carbonyl (C=O) groups is 2. The Morgan fingerprint density at radius 3 is 2.69 bits per heavy atom. The van der Waals surface area contributed by atoms with Crippen LogP contribution >= 0.6 is 0 Å². The van der Waals surface area contributed by atoms with Crippen LogP contribution in [-0.2, 0) is 20.7 Å². The van der Waals surface area contributed by atoms with Gasteiger partial charge in [-0.15, -0.1) is 0 Å². The molecular formula is C26H33N3O3. The van der Waals surface area contributed by atoms with Crippen molar-refractivity contribution >= 4 is 11.8 Å². The number of likely N-dealkylation sites (tertiary alicyclic amines) is 1. The lowest BCUT2D eigenvalue weighted by molar-refractivity contribution is -0.148. The van der Waals surface area contributed by atoms with E-state index in [1.165, 1.54) is 0 Å². The first-order valence-electron chi connectivity index (χ1n) is 11.7. The fourth-order valence-electron chi connectivity index (χ4n) is 4.97. The predicted octanol–water partition coefficient (Wildman–Crippen LogP) is 3.60. The Morgan fingerprint density at radius 1 is 1.19 bits per heavy atom. The van der Waals surface area contributed by atoms with Crippen molar-refractivity contribution < 1.29 is 14.3 Å². The number of hydrogen-bond acceptors (Lipinski definition) is 4. The SMILES string of the molecule is CC(C)NC(=O)[C@@]1(Cc2ccccc2-c2ccncc2)CCCN(C(=O)[C@@H]2CCCO2)C1. The topological polar surface area (TPSA) is 71.5 Å². The zero-order valence-corrected chi connectivity index (χ0v) is 19.0. The number of piperidine rings is 1. The molecule has 1 aromatic heterocycles. The highest BCUT2D eigenvalue weighted by atomic mass is 16.5. The highest BCUT2D eigenvalue weighted by Gasteiger charge is 2.45. The lowest BCUT2D eigenvalue weighted by Crippen LogP contribution is -2.56. The first-order chi connectivity index (χ1) is 15.5. The number of rotatable bonds is 6. The summed E-state index contributed by atoms with van der Waals surface area (Å²) in [5.74, 6) is 0.0632. The molecule has 4 rings (SSSR count). The number of aromatic nitrogens is 1. The minimum atomic E-state index is -0.667. The summed E-state index contributed by atoms with van der Waals surface area (Å²) in [5, 5.41) is 3.14. The molecule has 0 aliphatic carbocycles. The van der Waals surface area contributed by atoms with E-state index in [-0.39, 0.29) is 24.0 Å². The minimum absolute atomic E-state index is 0.0295. The number of benzene rings is 1. The second kappa shape index (κ2) is 9.82. The third-order valence-corrected chi connectivity index (χ3v) is 6.53. The summed E-state index contributed by atoms with van der Waals surface area (Å²) >= 11 is 0. The molecule has 2 aliphatic rings. The van der Waals surface area contributed by atoms with Gasteiger partial charge in [0, 0.05) is 38.1 Å². The Balaban J connectivity index is 1.66. The zero-order chi connectivity index (χ0) is 22.6. The molecular weight excluding hydrogens is 402 g/mol. The van der Waals surface area contributed by atoms with Crippen LogP contribution < -0.4 is 5.32 Å². The molecule has 2 aromatic rings. The summed E-state index contributed by atoms with van der Waals surface area (Å²) in [6, 6.07) is 12.3. The largest absolute Gasteiger partial charge is 0.368 e. The molecule has 1 N–H and O–H groups in total. The van der Waals surface area contributed by atoms with Crippen molar-refractivity contribution in [1.29, 1.82) is 0 Å². The maximum Gasteiger partial charge on any atom is 0.251 e. The van der Waals surface area contributed by atoms with Gasteiger partial charge in [-0.3, -0.25) is 14.6 Å². The smallest absolute Gasteiger partial charge is 0.251 e. The number of hydrogen-bond donors (Lipinski definition) is 1. The van der Waals surface area contributed by atoms with Crippen LogP contribution in [0.25, 0.3) is 11.1 Å². The van der Waals surface area contributed by atoms with Crippen LogP contribution in [0.15, 0.2) is 48.8 Å². The monoisotopic (exact) mass is 435 g/mol. The number of ether oxygens (including phenoxy) is 1. The van der Waals surface area contributed by atoms with Crippen LogP contribution in [0.5, 0.6) is 0 Å². The van der Waals surface area contributed by atoms with Gasteiger partial charge in [0.1, 0.15) is 6.10 Å². The van der Waals surface area contributed by atoms with E-state index in [1.807, 2.05) is 43.0 Å². The maximum absolute atomic E-state index is 13.6. The number of nitrogens with zero attached hydrogens (tertiary/aromatic N) is 2. The molecule has 2 fully saturated rings. The Bertz CT molecular complexity index is 940. The summed E-state index contributed by atoms with van der Waals surface area (Å²) in [6.45, 7) is 5.71. The van der Waals surface area contributed by atoms with Gasteiger partial charge < -0.3 is 15.0 Å². The predicted molar refractivity (Wildman–Crippen MR) is 124 cm³/mol. The van der Waals surface area contributed by atoms with Gasteiger partial charge in [0.2, 0.25) is 5.91 Å². The van der Waals surface area contributed by atoms with Crippen molar-refractivity contribution in [2.75, 3.05) is 19.7 Å². The second-order valence-corrected chi connectivity index (χ2v) is 9.34. The Kier molecular flexibility index (Phi) is 6.89. The molecule has 1 aromatic carbocycles. The summed E-state index contributed by atoms with van der Waals surface area (Å²) in [7, 11) is 0. The lowest BCUT2D eigenvalue weighted by Gasteiger charge is -2.43. The van der Waals surface area contributed by atoms with Gasteiger partial charge in [-0.25, -0.2) is 0 Å². The molecule has 2 atom stereocenters. The average Bonchev–Trinajstić information content (AvgIpc) is 3.34. The summed E-state index contributed by atoms with van der Waals surface area (Å²) in [4.78, 5) is 32.7. The van der Waals surface area contributed by atoms with Crippen LogP contribution in [0.4, 0.5) is 0 Å². The van der Waals surface area contributed by atoms with E-state index in [4.69, 9.17) is 4.74 Å². The molecule has 0 spiro atoms. The normalized spacial score (nSPS) is 23.3. The van der Waals surface area contributed by atoms with Gasteiger partial charge in [0.25, 0.3) is 5.91 Å². The van der Waals surface area contributed by atoms with Crippen molar-refractivity contribution in [1.82, 2.24) is 15.2 Å². The molecule has 2 amide bonds. The molecule has 2 saturated heterocycles. The molecule has 32 heavy (non-hydrogen) atoms. The first-order valence-corrected chi connectivity index (χ1v) is 11.7. The highest BCUT2D eigenvalue weighted by Crippen LogP contribution is 2.38. The van der Waals surface area contributed by atoms with Crippen LogP contribution in [0.3, 0.4) is 0 Å². The second-order valence-electron chi connectivity index (χ2n) is 9.34. The van der Waals surface area contributed by atoms with Crippen molar-refractivity contribution in [3.63, 3.8) is 0 Å². The molecule has 6 nitrogen and oxygen atoms in total. The van der Waals surface area contributed by atoms with Crippen LogP contribution in [0.2, 0.25) is 0 Å². The van der Waals surface area contributed by atoms with Gasteiger partial charge in [-0.2, -0.15) is 0 Å². The van der Waals surface area contributed by atoms with Crippen molar-refractivity contribution in [3.05, 3.63) is 54.4 Å². The van der Waals surface area contributed by atoms with E-state index < -0.39 is 5.41 Å². The lowest BCUT2D eigenvalue weighted by atomic mass is 9.73. The molecule has 0 bridgehead atoms. The van der Waals surface area contributed by atoms with Gasteiger partial charge in [-0.1, -0.05) is 24.3 Å². The summed E-state index contributed by atoms with van der Waals surface area (Å²) < 4.78 is 5.66. The molecule has 170 valence electrons. The van der Waals surface area contributed by atoms with Gasteiger partial charge in [0.05, 0.1) is 5.41 Å². The van der Waals surface area contributed by atoms with Gasteiger partial charge >= 0.3 is 0 Å². The fourth-order valence-corrected chi connectivity index (χ4v) is 4.97. The minimum Gasteiger partial charge on any atom is -0.368 e. The Morgan fingerprint density at radius 2 is 1.97 bits per heavy atom. The van der Waals surface area contributed by atoms with E-state index in [0.717, 1.165) is 42.4 Å². The molecule has 2 aliphatic heterocycles. The summed E-state index contributed by atoms with van der Waals surface area (Å²) in [6.07, 6.45) is 7.05. The van der Waals surface area contributed by atoms with E-state index in [9.17, 15) is 9.59 Å². The number of pyridine rings is 1. The Labute approximate surface area is 190 Å². The van der Waals surface area contributed by atoms with E-state index >= 15 is 0 Å². The average molecular weight is 436 g/mol. The maximum atomic E-state index is 13.6. The number of nitrogens with one attached hydrogen (secondary N) is 1. The van der Waals surface area contributed by atoms with E-state index in [1.54, 1.807) is 12.4 Å². The quantitative estimate of drug-likeness (QED) is 0.753. The number of amides is 2. The molecule has 0 saturated carbocycles.